The van der Waals surface area contributed by atoms with Crippen molar-refractivity contribution in [3.8, 4) is 0 Å². The highest BCUT2D eigenvalue weighted by Crippen LogP contribution is 2.30. The molecule has 14 heavy (non-hydrogen) atoms. The smallest absolute Gasteiger partial charge is 0.254 e. The Balaban J connectivity index is 3.01. The lowest BCUT2D eigenvalue weighted by Crippen LogP contribution is -2.09. The molecule has 1 unspecified atom stereocenters. The summed E-state index contributed by atoms with van der Waals surface area (Å²) < 4.78 is 39.8. The lowest BCUT2D eigenvalue weighted by atomic mass is 10.1. The van der Waals surface area contributed by atoms with Crippen molar-refractivity contribution in [3.63, 3.8) is 0 Å². The molecular formula is C9H9F3IN. The molecule has 0 radical (unpaired) electrons. The van der Waals surface area contributed by atoms with Crippen LogP contribution in [0.25, 0.3) is 0 Å². The molecule has 1 nitrogen and oxygen atoms in total. The first-order valence-electron chi connectivity index (χ1n) is 3.98. The first kappa shape index (κ1) is 11.8. The number of halogens is 4. The first-order chi connectivity index (χ1) is 6.45. The van der Waals surface area contributed by atoms with E-state index >= 15 is 0 Å². The molecule has 1 atom stereocenters. The van der Waals surface area contributed by atoms with Crippen LogP contribution in [0, 0.1) is 0 Å². The SMILES string of the molecule is CC(NI)c1cccc(C(F)(F)F)c1. The zero-order chi connectivity index (χ0) is 10.8. The van der Waals surface area contributed by atoms with Gasteiger partial charge >= 0.3 is 6.18 Å². The van der Waals surface area contributed by atoms with E-state index in [1.54, 1.807) is 6.07 Å². The topological polar surface area (TPSA) is 12.0 Å². The van der Waals surface area contributed by atoms with Gasteiger partial charge in [0.15, 0.2) is 0 Å². The molecule has 0 saturated heterocycles. The van der Waals surface area contributed by atoms with Gasteiger partial charge in [0.25, 0.3) is 0 Å². The van der Waals surface area contributed by atoms with Gasteiger partial charge < -0.3 is 0 Å². The second-order valence-electron chi connectivity index (χ2n) is 2.95. The third-order valence-corrected chi connectivity index (χ3v) is 2.81. The Kier molecular flexibility index (Phi) is 3.77. The van der Waals surface area contributed by atoms with E-state index in [-0.39, 0.29) is 6.04 Å². The van der Waals surface area contributed by atoms with Crippen molar-refractivity contribution in [1.29, 1.82) is 0 Å². The maximum absolute atomic E-state index is 12.3. The van der Waals surface area contributed by atoms with Crippen LogP contribution >= 0.6 is 22.9 Å². The van der Waals surface area contributed by atoms with Crippen LogP contribution in [-0.2, 0) is 6.18 Å². The Bertz CT molecular complexity index is 311. The minimum atomic E-state index is -4.26. The molecule has 1 aromatic rings. The van der Waals surface area contributed by atoms with Crippen LogP contribution in [0.3, 0.4) is 0 Å². The van der Waals surface area contributed by atoms with E-state index in [1.807, 2.05) is 29.8 Å². The van der Waals surface area contributed by atoms with Crippen LogP contribution in [0.5, 0.6) is 0 Å². The minimum absolute atomic E-state index is 0.0853. The summed E-state index contributed by atoms with van der Waals surface area (Å²) in [7, 11) is 0. The highest BCUT2D eigenvalue weighted by atomic mass is 127. The molecule has 0 fully saturated rings. The van der Waals surface area contributed by atoms with Gasteiger partial charge in [0.05, 0.1) is 5.56 Å². The second kappa shape index (κ2) is 4.48. The van der Waals surface area contributed by atoms with Gasteiger partial charge in [-0.1, -0.05) is 12.1 Å². The molecule has 0 aromatic heterocycles. The predicted molar refractivity (Wildman–Crippen MR) is 57.0 cm³/mol. The van der Waals surface area contributed by atoms with Crippen LogP contribution < -0.4 is 3.53 Å². The molecule has 0 saturated carbocycles. The molecule has 1 aromatic carbocycles. The van der Waals surface area contributed by atoms with Gasteiger partial charge in [-0.2, -0.15) is 13.2 Å². The molecule has 0 bridgehead atoms. The van der Waals surface area contributed by atoms with Crippen molar-refractivity contribution in [1.82, 2.24) is 3.53 Å². The molecule has 1 rings (SSSR count). The monoisotopic (exact) mass is 315 g/mol. The van der Waals surface area contributed by atoms with E-state index in [2.05, 4.69) is 3.53 Å². The summed E-state index contributed by atoms with van der Waals surface area (Å²) >= 11 is 1.92. The maximum atomic E-state index is 12.3. The van der Waals surface area contributed by atoms with E-state index in [0.717, 1.165) is 12.1 Å². The van der Waals surface area contributed by atoms with Gasteiger partial charge in [-0.15, -0.1) is 0 Å². The van der Waals surface area contributed by atoms with E-state index in [4.69, 9.17) is 0 Å². The summed E-state index contributed by atoms with van der Waals surface area (Å²) in [5.74, 6) is 0. The van der Waals surface area contributed by atoms with E-state index in [9.17, 15) is 13.2 Å². The van der Waals surface area contributed by atoms with Gasteiger partial charge in [-0.05, 0) is 24.6 Å². The summed E-state index contributed by atoms with van der Waals surface area (Å²) in [6.45, 7) is 1.81. The van der Waals surface area contributed by atoms with Crippen molar-refractivity contribution >= 4 is 22.9 Å². The van der Waals surface area contributed by atoms with Crippen LogP contribution in [-0.4, -0.2) is 0 Å². The highest BCUT2D eigenvalue weighted by Gasteiger charge is 2.30. The molecule has 1 N–H and O–H groups in total. The zero-order valence-electron chi connectivity index (χ0n) is 7.40. The number of benzene rings is 1. The summed E-state index contributed by atoms with van der Waals surface area (Å²) in [4.78, 5) is 0. The fourth-order valence-electron chi connectivity index (χ4n) is 1.05. The van der Waals surface area contributed by atoms with Crippen LogP contribution in [0.15, 0.2) is 24.3 Å². The Morgan fingerprint density at radius 3 is 2.50 bits per heavy atom. The molecule has 78 valence electrons. The minimum Gasteiger partial charge on any atom is -0.254 e. The van der Waals surface area contributed by atoms with Crippen LogP contribution in [0.4, 0.5) is 13.2 Å². The molecule has 0 spiro atoms. The second-order valence-corrected chi connectivity index (χ2v) is 3.58. The number of nitrogens with one attached hydrogen (secondary N) is 1. The lowest BCUT2D eigenvalue weighted by Gasteiger charge is -2.12. The Hall–Kier alpha value is -0.300. The maximum Gasteiger partial charge on any atom is 0.416 e. The van der Waals surface area contributed by atoms with E-state index in [0.29, 0.717) is 5.56 Å². The largest absolute Gasteiger partial charge is 0.416 e. The third-order valence-electron chi connectivity index (χ3n) is 1.88. The molecule has 0 heterocycles. The molecular weight excluding hydrogens is 306 g/mol. The summed E-state index contributed by atoms with van der Waals surface area (Å²) in [5.41, 5.74) is 0.0303. The Morgan fingerprint density at radius 1 is 1.36 bits per heavy atom. The average molecular weight is 315 g/mol. The van der Waals surface area contributed by atoms with Gasteiger partial charge in [0.2, 0.25) is 0 Å². The van der Waals surface area contributed by atoms with Crippen LogP contribution in [0.1, 0.15) is 24.1 Å². The summed E-state index contributed by atoms with van der Waals surface area (Å²) in [6.07, 6.45) is -4.26. The number of hydrogen-bond donors (Lipinski definition) is 1. The molecule has 0 aliphatic rings. The average Bonchev–Trinajstić information content (AvgIpc) is 2.15. The standard InChI is InChI=1S/C9H9F3IN/c1-6(14-13)7-3-2-4-8(5-7)9(10,11)12/h2-6,14H,1H3. The van der Waals surface area contributed by atoms with Crippen molar-refractivity contribution in [3.05, 3.63) is 35.4 Å². The van der Waals surface area contributed by atoms with Crippen molar-refractivity contribution in [2.45, 2.75) is 19.1 Å². The number of alkyl halides is 3. The summed E-state index contributed by atoms with van der Waals surface area (Å²) in [5, 5.41) is 0. The van der Waals surface area contributed by atoms with Gasteiger partial charge in [0, 0.05) is 28.9 Å². The normalized spacial score (nSPS) is 14.1. The van der Waals surface area contributed by atoms with Gasteiger partial charge in [-0.3, -0.25) is 3.53 Å². The molecule has 0 aliphatic carbocycles. The molecule has 0 amide bonds. The van der Waals surface area contributed by atoms with Gasteiger partial charge in [0.1, 0.15) is 0 Å². The number of rotatable bonds is 2. The van der Waals surface area contributed by atoms with Crippen molar-refractivity contribution in [2.75, 3.05) is 0 Å². The Morgan fingerprint density at radius 2 is 2.00 bits per heavy atom. The quantitative estimate of drug-likeness (QED) is 0.648. The third kappa shape index (κ3) is 2.84. The van der Waals surface area contributed by atoms with Crippen molar-refractivity contribution < 1.29 is 13.2 Å². The van der Waals surface area contributed by atoms with E-state index in [1.165, 1.54) is 6.07 Å². The highest BCUT2D eigenvalue weighted by molar-refractivity contribution is 14.1. The zero-order valence-corrected chi connectivity index (χ0v) is 9.56. The predicted octanol–water partition coefficient (Wildman–Crippen LogP) is 3.71. The molecule has 5 heteroatoms. The fourth-order valence-corrected chi connectivity index (χ4v) is 1.41. The lowest BCUT2D eigenvalue weighted by molar-refractivity contribution is -0.137. The van der Waals surface area contributed by atoms with Crippen LogP contribution in [0.2, 0.25) is 0 Å². The molecule has 0 aliphatic heterocycles. The van der Waals surface area contributed by atoms with E-state index < -0.39 is 11.7 Å². The Labute approximate surface area is 94.2 Å². The summed E-state index contributed by atoms with van der Waals surface area (Å²) in [6, 6.07) is 5.24. The first-order valence-corrected chi connectivity index (χ1v) is 5.06. The fraction of sp³-hybridized carbons (Fsp3) is 0.333. The number of hydrogen-bond acceptors (Lipinski definition) is 1. The van der Waals surface area contributed by atoms with Crippen molar-refractivity contribution in [2.24, 2.45) is 0 Å². The van der Waals surface area contributed by atoms with Gasteiger partial charge in [-0.25, -0.2) is 0 Å².